The highest BCUT2D eigenvalue weighted by atomic mass is 32.2. The third kappa shape index (κ3) is 7.85. The van der Waals surface area contributed by atoms with Crippen LogP contribution in [0.2, 0.25) is 0 Å². The predicted molar refractivity (Wildman–Crippen MR) is 198 cm³/mol. The topological polar surface area (TPSA) is 180 Å². The van der Waals surface area contributed by atoms with Crippen molar-refractivity contribution >= 4 is 38.8 Å². The van der Waals surface area contributed by atoms with Crippen LogP contribution >= 0.6 is 0 Å². The molecule has 288 valence electrons. The molecule has 1 aromatic heterocycles. The molecule has 6 atom stereocenters. The third-order valence-corrected chi connectivity index (χ3v) is 13.0. The van der Waals surface area contributed by atoms with Gasteiger partial charge in [0.05, 0.1) is 22.9 Å². The molecule has 0 radical (unpaired) electrons. The first-order chi connectivity index (χ1) is 25.8. The average Bonchev–Trinajstić information content (AvgIpc) is 3.91. The molecule has 0 bridgehead atoms. The molecule has 13 nitrogen and oxygen atoms in total. The van der Waals surface area contributed by atoms with Crippen molar-refractivity contribution in [3.8, 4) is 5.88 Å². The van der Waals surface area contributed by atoms with Crippen molar-refractivity contribution in [2.45, 2.75) is 113 Å². The summed E-state index contributed by atoms with van der Waals surface area (Å²) >= 11 is 0. The molecule has 6 unspecified atom stereocenters. The Kier molecular flexibility index (Phi) is 10.7. The summed E-state index contributed by atoms with van der Waals surface area (Å²) in [4.78, 5) is 52.4. The number of aromatic nitrogens is 2. The zero-order valence-electron chi connectivity index (χ0n) is 30.5. The Morgan fingerprint density at radius 2 is 1.81 bits per heavy atom. The number of allylic oxidation sites excluding steroid dienone is 1. The van der Waals surface area contributed by atoms with Gasteiger partial charge in [-0.3, -0.25) is 24.0 Å². The van der Waals surface area contributed by atoms with Crippen molar-refractivity contribution < 1.29 is 37.0 Å². The summed E-state index contributed by atoms with van der Waals surface area (Å²) in [7, 11) is -3.91. The zero-order valence-corrected chi connectivity index (χ0v) is 31.3. The van der Waals surface area contributed by atoms with Crippen molar-refractivity contribution in [3.05, 3.63) is 77.3 Å². The third-order valence-electron chi connectivity index (χ3n) is 11.2. The average molecular weight is 763 g/mol. The summed E-state index contributed by atoms with van der Waals surface area (Å²) in [5.74, 6) is -2.69. The number of aliphatic hydroxyl groups excluding tert-OH is 1. The van der Waals surface area contributed by atoms with Crippen LogP contribution in [0.1, 0.15) is 85.8 Å². The standard InChI is InChI=1S/C39H47FN6O7S/c1-23-13-15-25(16-14-23)34(47)42-31-11-7-5-3-4-6-9-26-19-20-39(26,38(50)45-54(51,52)28-17-18-28)44-35(48)32-21-27(22-46(32)37(31)49)53-36-24(2)41-30-12-8-10-29(40)33(30)43-36/h6,8-10,12-16,26-28,31-32,37,49H,3-5,7,11,17-22H2,1-2H3,(H,42,47)(H,44,48)(H,45,50). The number of ether oxygens (including phenoxy) is 1. The maximum atomic E-state index is 14.7. The van der Waals surface area contributed by atoms with Gasteiger partial charge in [0.2, 0.25) is 21.8 Å². The molecule has 2 aliphatic heterocycles. The highest BCUT2D eigenvalue weighted by Gasteiger charge is 2.56. The minimum Gasteiger partial charge on any atom is -0.472 e. The van der Waals surface area contributed by atoms with Gasteiger partial charge in [-0.25, -0.2) is 22.8 Å². The number of carbonyl (C=O) groups is 3. The van der Waals surface area contributed by atoms with E-state index in [1.54, 1.807) is 36.1 Å². The van der Waals surface area contributed by atoms with E-state index < -0.39 is 68.8 Å². The predicted octanol–water partition coefficient (Wildman–Crippen LogP) is 3.72. The monoisotopic (exact) mass is 762 g/mol. The molecule has 2 aromatic carbocycles. The van der Waals surface area contributed by atoms with Gasteiger partial charge in [0.25, 0.3) is 11.8 Å². The van der Waals surface area contributed by atoms with Crippen LogP contribution in [0.25, 0.3) is 11.0 Å². The number of amides is 3. The van der Waals surface area contributed by atoms with Gasteiger partial charge in [-0.1, -0.05) is 48.8 Å². The number of halogens is 1. The molecule has 4 aliphatic rings. The molecule has 3 fully saturated rings. The lowest BCUT2D eigenvalue weighted by molar-refractivity contribution is -0.142. The summed E-state index contributed by atoms with van der Waals surface area (Å²) in [5.41, 5.74) is 0.683. The molecule has 54 heavy (non-hydrogen) atoms. The number of nitrogens with one attached hydrogen (secondary N) is 3. The molecular formula is C39H47FN6O7S. The molecule has 2 aliphatic carbocycles. The van der Waals surface area contributed by atoms with Gasteiger partial charge >= 0.3 is 0 Å². The molecule has 4 N–H and O–H groups in total. The van der Waals surface area contributed by atoms with Crippen LogP contribution in [0.15, 0.2) is 54.6 Å². The van der Waals surface area contributed by atoms with E-state index in [4.69, 9.17) is 4.74 Å². The van der Waals surface area contributed by atoms with Crippen LogP contribution in [-0.4, -0.2) is 87.9 Å². The fraction of sp³-hybridized carbons (Fsp3) is 0.513. The Morgan fingerprint density at radius 3 is 2.54 bits per heavy atom. The van der Waals surface area contributed by atoms with Crippen molar-refractivity contribution in [1.82, 2.24) is 30.2 Å². The Hall–Kier alpha value is -4.47. The largest absolute Gasteiger partial charge is 0.472 e. The second kappa shape index (κ2) is 15.3. The Bertz CT molecular complexity index is 2060. The van der Waals surface area contributed by atoms with Gasteiger partial charge in [-0.05, 0) is 83.1 Å². The Labute approximate surface area is 314 Å². The lowest BCUT2D eigenvalue weighted by Crippen LogP contribution is -2.70. The smallest absolute Gasteiger partial charge is 0.259 e. The number of benzene rings is 2. The highest BCUT2D eigenvalue weighted by Crippen LogP contribution is 2.42. The first kappa shape index (κ1) is 37.8. The van der Waals surface area contributed by atoms with Crippen molar-refractivity contribution in [2.24, 2.45) is 5.92 Å². The van der Waals surface area contributed by atoms with Gasteiger partial charge in [-0.2, -0.15) is 0 Å². The van der Waals surface area contributed by atoms with Crippen molar-refractivity contribution in [3.63, 3.8) is 0 Å². The van der Waals surface area contributed by atoms with Crippen LogP contribution in [0.4, 0.5) is 4.39 Å². The molecule has 15 heteroatoms. The SMILES string of the molecule is Cc1ccc(C(=O)NC2CCCCCC=CC3CCC3(C(=O)NS(=O)(=O)C3CC3)NC(=O)C3CC(Oc4nc5c(F)cccc5nc4C)CN3C2O)cc1. The molecule has 3 heterocycles. The number of aliphatic hydroxyl groups is 1. The molecule has 0 spiro atoms. The fourth-order valence-electron chi connectivity index (χ4n) is 7.73. The number of fused-ring (bicyclic) bond motifs is 3. The number of hydrogen-bond donors (Lipinski definition) is 4. The molecule has 1 saturated heterocycles. The molecule has 3 amide bonds. The summed E-state index contributed by atoms with van der Waals surface area (Å²) in [6.45, 7) is 3.62. The van der Waals surface area contributed by atoms with E-state index in [9.17, 15) is 32.3 Å². The summed E-state index contributed by atoms with van der Waals surface area (Å²) < 4.78 is 49.1. The van der Waals surface area contributed by atoms with Gasteiger partial charge in [0.1, 0.15) is 29.1 Å². The second-order valence-corrected chi connectivity index (χ2v) is 17.1. The van der Waals surface area contributed by atoms with E-state index in [1.165, 1.54) is 6.07 Å². The van der Waals surface area contributed by atoms with Gasteiger partial charge < -0.3 is 20.5 Å². The lowest BCUT2D eigenvalue weighted by Gasteiger charge is -2.48. The van der Waals surface area contributed by atoms with Crippen molar-refractivity contribution in [1.29, 1.82) is 0 Å². The highest BCUT2D eigenvalue weighted by molar-refractivity contribution is 7.91. The first-order valence-corrected chi connectivity index (χ1v) is 20.3. The van der Waals surface area contributed by atoms with E-state index in [0.717, 1.165) is 18.4 Å². The number of para-hydroxylation sites is 1. The maximum absolute atomic E-state index is 14.7. The first-order valence-electron chi connectivity index (χ1n) is 18.8. The summed E-state index contributed by atoms with van der Waals surface area (Å²) in [5, 5.41) is 17.5. The minimum atomic E-state index is -3.91. The van der Waals surface area contributed by atoms with Crippen LogP contribution in [0.3, 0.4) is 0 Å². The van der Waals surface area contributed by atoms with E-state index in [0.29, 0.717) is 55.3 Å². The number of aryl methyl sites for hydroxylation is 2. The number of hydrogen-bond acceptors (Lipinski definition) is 10. The normalized spacial score (nSPS) is 28.1. The van der Waals surface area contributed by atoms with Crippen molar-refractivity contribution in [2.75, 3.05) is 6.54 Å². The number of nitrogens with zero attached hydrogens (tertiary/aromatic N) is 3. The van der Waals surface area contributed by atoms with E-state index in [1.807, 2.05) is 31.2 Å². The summed E-state index contributed by atoms with van der Waals surface area (Å²) in [6.07, 6.45) is 6.96. The quantitative estimate of drug-likeness (QED) is 0.259. The fourth-order valence-corrected chi connectivity index (χ4v) is 9.09. The summed E-state index contributed by atoms with van der Waals surface area (Å²) in [6, 6.07) is 9.70. The zero-order chi connectivity index (χ0) is 38.2. The van der Waals surface area contributed by atoms with Crippen LogP contribution in [-0.2, 0) is 19.6 Å². The van der Waals surface area contributed by atoms with Crippen LogP contribution in [0, 0.1) is 25.6 Å². The van der Waals surface area contributed by atoms with Gasteiger partial charge in [0, 0.05) is 24.4 Å². The number of rotatable bonds is 7. The van der Waals surface area contributed by atoms with E-state index in [2.05, 4.69) is 25.3 Å². The van der Waals surface area contributed by atoms with E-state index >= 15 is 0 Å². The molecule has 7 rings (SSSR count). The Balaban J connectivity index is 1.21. The number of carbonyl (C=O) groups excluding carboxylic acids is 3. The molecule has 3 aromatic rings. The second-order valence-electron chi connectivity index (χ2n) is 15.1. The number of sulfonamides is 1. The van der Waals surface area contributed by atoms with E-state index in [-0.39, 0.29) is 36.7 Å². The Morgan fingerprint density at radius 1 is 1.04 bits per heavy atom. The lowest BCUT2D eigenvalue weighted by atomic mass is 9.65. The van der Waals surface area contributed by atoms with Crippen LogP contribution in [0.5, 0.6) is 5.88 Å². The minimum absolute atomic E-state index is 0.0190. The molecular weight excluding hydrogens is 716 g/mol. The molecule has 2 saturated carbocycles. The van der Waals surface area contributed by atoms with Crippen LogP contribution < -0.4 is 20.1 Å². The van der Waals surface area contributed by atoms with Gasteiger partial charge in [0.15, 0.2) is 5.82 Å². The van der Waals surface area contributed by atoms with Gasteiger partial charge in [-0.15, -0.1) is 0 Å². The maximum Gasteiger partial charge on any atom is 0.259 e.